The molecule has 0 aliphatic rings. The van der Waals surface area contributed by atoms with E-state index in [9.17, 15) is 13.2 Å². The van der Waals surface area contributed by atoms with Crippen molar-refractivity contribution in [1.82, 2.24) is 4.98 Å². The SMILES string of the molecule is Cc1ccc(S(C)(=O)=O)cc1NC(=O)c1cc(Cl)ccn1. The van der Waals surface area contributed by atoms with Gasteiger partial charge in [0.15, 0.2) is 9.84 Å². The fourth-order valence-corrected chi connectivity index (χ4v) is 2.49. The Hall–Kier alpha value is -1.92. The molecule has 0 aliphatic heterocycles. The number of hydrogen-bond donors (Lipinski definition) is 1. The number of nitrogens with zero attached hydrogens (tertiary/aromatic N) is 1. The quantitative estimate of drug-likeness (QED) is 0.941. The normalized spacial score (nSPS) is 11.2. The molecule has 0 unspecified atom stereocenters. The van der Waals surface area contributed by atoms with Crippen molar-refractivity contribution in [3.05, 3.63) is 52.8 Å². The lowest BCUT2D eigenvalue weighted by molar-refractivity contribution is 0.102. The second-order valence-electron chi connectivity index (χ2n) is 4.56. The zero-order valence-electron chi connectivity index (χ0n) is 11.4. The van der Waals surface area contributed by atoms with Gasteiger partial charge in [-0.25, -0.2) is 8.42 Å². The van der Waals surface area contributed by atoms with Crippen molar-refractivity contribution < 1.29 is 13.2 Å². The van der Waals surface area contributed by atoms with Crippen molar-refractivity contribution in [3.63, 3.8) is 0 Å². The fraction of sp³-hybridized carbons (Fsp3) is 0.143. The van der Waals surface area contributed by atoms with Gasteiger partial charge in [-0.1, -0.05) is 17.7 Å². The Morgan fingerprint density at radius 1 is 1.24 bits per heavy atom. The molecule has 0 saturated heterocycles. The molecule has 5 nitrogen and oxygen atoms in total. The third-order valence-corrected chi connectivity index (χ3v) is 4.19. The largest absolute Gasteiger partial charge is 0.320 e. The molecule has 0 radical (unpaired) electrons. The van der Waals surface area contributed by atoms with Gasteiger partial charge in [-0.05, 0) is 36.8 Å². The Morgan fingerprint density at radius 3 is 2.57 bits per heavy atom. The van der Waals surface area contributed by atoms with E-state index in [1.54, 1.807) is 19.1 Å². The van der Waals surface area contributed by atoms with Crippen molar-refractivity contribution in [2.75, 3.05) is 11.6 Å². The van der Waals surface area contributed by atoms with Crippen LogP contribution < -0.4 is 5.32 Å². The van der Waals surface area contributed by atoms with Gasteiger partial charge in [-0.3, -0.25) is 9.78 Å². The van der Waals surface area contributed by atoms with E-state index < -0.39 is 15.7 Å². The number of benzene rings is 1. The van der Waals surface area contributed by atoms with Crippen LogP contribution in [0.15, 0.2) is 41.4 Å². The molecule has 2 rings (SSSR count). The number of anilines is 1. The summed E-state index contributed by atoms with van der Waals surface area (Å²) in [5.74, 6) is -0.453. The van der Waals surface area contributed by atoms with Gasteiger partial charge in [-0.2, -0.15) is 0 Å². The lowest BCUT2D eigenvalue weighted by Crippen LogP contribution is -2.14. The lowest BCUT2D eigenvalue weighted by atomic mass is 10.2. The molecule has 0 spiro atoms. The average molecular weight is 325 g/mol. The molecule has 0 bridgehead atoms. The summed E-state index contributed by atoms with van der Waals surface area (Å²) in [4.78, 5) is 16.2. The predicted molar refractivity (Wildman–Crippen MR) is 81.5 cm³/mol. The molecule has 110 valence electrons. The van der Waals surface area contributed by atoms with Crippen LogP contribution in [0.5, 0.6) is 0 Å². The number of pyridine rings is 1. The molecule has 0 atom stereocenters. The molecule has 1 heterocycles. The first-order chi connectivity index (χ1) is 9.77. The van der Waals surface area contributed by atoms with Crippen LogP contribution in [0.4, 0.5) is 5.69 Å². The van der Waals surface area contributed by atoms with Crippen molar-refractivity contribution >= 4 is 33.0 Å². The van der Waals surface area contributed by atoms with Gasteiger partial charge >= 0.3 is 0 Å². The van der Waals surface area contributed by atoms with Crippen LogP contribution in [0.3, 0.4) is 0 Å². The Labute approximate surface area is 127 Å². The van der Waals surface area contributed by atoms with Gasteiger partial charge in [0.05, 0.1) is 4.90 Å². The highest BCUT2D eigenvalue weighted by molar-refractivity contribution is 7.90. The van der Waals surface area contributed by atoms with E-state index in [1.165, 1.54) is 24.4 Å². The van der Waals surface area contributed by atoms with Gasteiger partial charge in [0.1, 0.15) is 5.69 Å². The Bertz CT molecular complexity index is 804. The fourth-order valence-electron chi connectivity index (χ4n) is 1.68. The summed E-state index contributed by atoms with van der Waals surface area (Å²) in [6.07, 6.45) is 2.54. The number of nitrogens with one attached hydrogen (secondary N) is 1. The van der Waals surface area contributed by atoms with Crippen molar-refractivity contribution in [2.45, 2.75) is 11.8 Å². The minimum Gasteiger partial charge on any atom is -0.320 e. The van der Waals surface area contributed by atoms with Crippen molar-refractivity contribution in [2.24, 2.45) is 0 Å². The third-order valence-electron chi connectivity index (χ3n) is 2.84. The van der Waals surface area contributed by atoms with Crippen LogP contribution in [0.25, 0.3) is 0 Å². The molecular formula is C14H13ClN2O3S. The van der Waals surface area contributed by atoms with Gasteiger partial charge in [0, 0.05) is 23.2 Å². The maximum atomic E-state index is 12.1. The summed E-state index contributed by atoms with van der Waals surface area (Å²) >= 11 is 5.81. The smallest absolute Gasteiger partial charge is 0.274 e. The zero-order valence-corrected chi connectivity index (χ0v) is 13.0. The number of amides is 1. The average Bonchev–Trinajstić information content (AvgIpc) is 2.40. The number of aromatic nitrogens is 1. The van der Waals surface area contributed by atoms with E-state index in [0.717, 1.165) is 11.8 Å². The van der Waals surface area contributed by atoms with Crippen molar-refractivity contribution in [1.29, 1.82) is 0 Å². The standard InChI is InChI=1S/C14H13ClN2O3S/c1-9-3-4-11(21(2,19)20)8-12(9)17-14(18)13-7-10(15)5-6-16-13/h3-8H,1-2H3,(H,17,18). The maximum absolute atomic E-state index is 12.1. The van der Waals surface area contributed by atoms with Crippen LogP contribution in [-0.4, -0.2) is 25.6 Å². The van der Waals surface area contributed by atoms with Gasteiger partial charge in [0.2, 0.25) is 0 Å². The summed E-state index contributed by atoms with van der Waals surface area (Å²) in [6.45, 7) is 1.77. The predicted octanol–water partition coefficient (Wildman–Crippen LogP) is 2.70. The molecular weight excluding hydrogens is 312 g/mol. The highest BCUT2D eigenvalue weighted by Gasteiger charge is 2.13. The molecule has 7 heteroatoms. The molecule has 1 aromatic carbocycles. The summed E-state index contributed by atoms with van der Waals surface area (Å²) < 4.78 is 23.1. The number of carbonyl (C=O) groups is 1. The summed E-state index contributed by atoms with van der Waals surface area (Å²) in [6, 6.07) is 7.56. The Balaban J connectivity index is 2.33. The van der Waals surface area contributed by atoms with E-state index in [0.29, 0.717) is 10.7 Å². The number of halogens is 1. The third kappa shape index (κ3) is 3.80. The second-order valence-corrected chi connectivity index (χ2v) is 7.01. The zero-order chi connectivity index (χ0) is 15.6. The monoisotopic (exact) mass is 324 g/mol. The van der Waals surface area contributed by atoms with E-state index in [1.807, 2.05) is 0 Å². The van der Waals surface area contributed by atoms with Gasteiger partial charge in [-0.15, -0.1) is 0 Å². The summed E-state index contributed by atoms with van der Waals surface area (Å²) in [7, 11) is -3.34. The van der Waals surface area contributed by atoms with E-state index in [4.69, 9.17) is 11.6 Å². The molecule has 2 aromatic rings. The van der Waals surface area contributed by atoms with Crippen LogP contribution in [0.2, 0.25) is 5.02 Å². The number of aryl methyl sites for hydroxylation is 1. The summed E-state index contributed by atoms with van der Waals surface area (Å²) in [5.41, 5.74) is 1.33. The molecule has 1 amide bonds. The number of sulfone groups is 1. The number of carbonyl (C=O) groups excluding carboxylic acids is 1. The molecule has 1 aromatic heterocycles. The minimum atomic E-state index is -3.34. The van der Waals surface area contributed by atoms with Gasteiger partial charge in [0.25, 0.3) is 5.91 Å². The van der Waals surface area contributed by atoms with Crippen LogP contribution in [0, 0.1) is 6.92 Å². The van der Waals surface area contributed by atoms with E-state index in [2.05, 4.69) is 10.3 Å². The van der Waals surface area contributed by atoms with E-state index in [-0.39, 0.29) is 10.6 Å². The van der Waals surface area contributed by atoms with Crippen LogP contribution in [0.1, 0.15) is 16.1 Å². The van der Waals surface area contributed by atoms with E-state index >= 15 is 0 Å². The number of hydrogen-bond acceptors (Lipinski definition) is 4. The molecule has 0 saturated carbocycles. The Kier molecular flexibility index (Phi) is 4.29. The minimum absolute atomic E-state index is 0.141. The van der Waals surface area contributed by atoms with Crippen LogP contribution in [-0.2, 0) is 9.84 Å². The van der Waals surface area contributed by atoms with Gasteiger partial charge < -0.3 is 5.32 Å². The number of rotatable bonds is 3. The Morgan fingerprint density at radius 2 is 1.95 bits per heavy atom. The lowest BCUT2D eigenvalue weighted by Gasteiger charge is -2.10. The van der Waals surface area contributed by atoms with Crippen molar-refractivity contribution in [3.8, 4) is 0 Å². The second kappa shape index (κ2) is 5.83. The molecule has 21 heavy (non-hydrogen) atoms. The highest BCUT2D eigenvalue weighted by Crippen LogP contribution is 2.21. The highest BCUT2D eigenvalue weighted by atomic mass is 35.5. The first kappa shape index (κ1) is 15.5. The maximum Gasteiger partial charge on any atom is 0.274 e. The molecule has 0 fully saturated rings. The summed E-state index contributed by atoms with van der Waals surface area (Å²) in [5, 5.41) is 3.04. The topological polar surface area (TPSA) is 76.1 Å². The van der Waals surface area contributed by atoms with Crippen LogP contribution >= 0.6 is 11.6 Å². The molecule has 1 N–H and O–H groups in total. The first-order valence-corrected chi connectivity index (χ1v) is 8.28. The first-order valence-electron chi connectivity index (χ1n) is 6.01. The molecule has 0 aliphatic carbocycles.